The van der Waals surface area contributed by atoms with Crippen molar-refractivity contribution < 1.29 is 9.53 Å². The van der Waals surface area contributed by atoms with E-state index in [1.54, 1.807) is 6.07 Å². The summed E-state index contributed by atoms with van der Waals surface area (Å²) in [6, 6.07) is 11.0. The molecule has 5 nitrogen and oxygen atoms in total. The molecule has 1 atom stereocenters. The Hall–Kier alpha value is -1.40. The number of carbonyl (C=O) groups is 1. The maximum atomic E-state index is 12.2. The van der Waals surface area contributed by atoms with Gasteiger partial charge in [-0.15, -0.1) is 24.8 Å². The molecule has 126 valence electrons. The Morgan fingerprint density at radius 1 is 1.17 bits per heavy atom. The molecule has 23 heavy (non-hydrogen) atoms. The van der Waals surface area contributed by atoms with Gasteiger partial charge in [0.05, 0.1) is 11.6 Å². The molecule has 0 spiro atoms. The molecule has 2 aromatic rings. The van der Waals surface area contributed by atoms with Crippen molar-refractivity contribution in [3.8, 4) is 0 Å². The zero-order chi connectivity index (χ0) is 14.7. The number of anilines is 1. The second-order valence-corrected chi connectivity index (χ2v) is 5.35. The van der Waals surface area contributed by atoms with E-state index in [1.165, 1.54) is 0 Å². The van der Waals surface area contributed by atoms with Gasteiger partial charge in [0, 0.05) is 18.6 Å². The first kappa shape index (κ1) is 19.6. The van der Waals surface area contributed by atoms with Crippen molar-refractivity contribution in [3.05, 3.63) is 36.4 Å². The number of hydrogen-bond donors (Lipinski definition) is 2. The largest absolute Gasteiger partial charge is 0.381 e. The zero-order valence-electron chi connectivity index (χ0n) is 12.6. The molecule has 3 rings (SSSR count). The third-order valence-corrected chi connectivity index (χ3v) is 3.93. The van der Waals surface area contributed by atoms with Gasteiger partial charge in [-0.2, -0.15) is 0 Å². The Kier molecular flexibility index (Phi) is 7.72. The molecule has 0 bridgehead atoms. The lowest BCUT2D eigenvalue weighted by Gasteiger charge is -2.26. The zero-order valence-corrected chi connectivity index (χ0v) is 14.2. The summed E-state index contributed by atoms with van der Waals surface area (Å²) in [6.45, 7) is 1.36. The Morgan fingerprint density at radius 3 is 2.61 bits per heavy atom. The summed E-state index contributed by atoms with van der Waals surface area (Å²) in [5.74, 6) is 0.546. The highest BCUT2D eigenvalue weighted by molar-refractivity contribution is 5.95. The predicted molar refractivity (Wildman–Crippen MR) is 96.4 cm³/mol. The summed E-state index contributed by atoms with van der Waals surface area (Å²) in [7, 11) is 0. The minimum Gasteiger partial charge on any atom is -0.381 e. The van der Waals surface area contributed by atoms with Gasteiger partial charge < -0.3 is 15.8 Å². The molecule has 2 heterocycles. The van der Waals surface area contributed by atoms with Gasteiger partial charge in [0.1, 0.15) is 5.82 Å². The van der Waals surface area contributed by atoms with Crippen molar-refractivity contribution >= 4 is 47.4 Å². The number of pyridine rings is 1. The van der Waals surface area contributed by atoms with Crippen LogP contribution < -0.4 is 11.1 Å². The third-order valence-electron chi connectivity index (χ3n) is 3.93. The van der Waals surface area contributed by atoms with Gasteiger partial charge >= 0.3 is 0 Å². The van der Waals surface area contributed by atoms with Crippen LogP contribution in [0.2, 0.25) is 0 Å². The number of nitrogens with one attached hydrogen (secondary N) is 1. The average Bonchev–Trinajstić information content (AvgIpc) is 2.55. The van der Waals surface area contributed by atoms with Crippen molar-refractivity contribution in [2.75, 3.05) is 18.5 Å². The van der Waals surface area contributed by atoms with Crippen LogP contribution in [0.1, 0.15) is 12.8 Å². The minimum atomic E-state index is -0.512. The van der Waals surface area contributed by atoms with Crippen LogP contribution in [0.3, 0.4) is 0 Å². The van der Waals surface area contributed by atoms with E-state index < -0.39 is 6.04 Å². The van der Waals surface area contributed by atoms with Gasteiger partial charge in [0.25, 0.3) is 0 Å². The van der Waals surface area contributed by atoms with Gasteiger partial charge in [-0.05, 0) is 37.0 Å². The molecular weight excluding hydrogens is 337 g/mol. The SMILES string of the molecule is Cl.Cl.NC(C(=O)Nc1ccc2ccccc2n1)C1CCOCC1. The quantitative estimate of drug-likeness (QED) is 0.885. The second-order valence-electron chi connectivity index (χ2n) is 5.35. The van der Waals surface area contributed by atoms with Gasteiger partial charge in [-0.25, -0.2) is 4.98 Å². The van der Waals surface area contributed by atoms with E-state index in [0.29, 0.717) is 19.0 Å². The number of hydrogen-bond acceptors (Lipinski definition) is 4. The molecule has 1 unspecified atom stereocenters. The highest BCUT2D eigenvalue weighted by Gasteiger charge is 2.26. The number of ether oxygens (including phenoxy) is 1. The Labute approximate surface area is 147 Å². The van der Waals surface area contributed by atoms with Crippen LogP contribution in [-0.2, 0) is 9.53 Å². The summed E-state index contributed by atoms with van der Waals surface area (Å²) in [5.41, 5.74) is 6.91. The topological polar surface area (TPSA) is 77.2 Å². The monoisotopic (exact) mass is 357 g/mol. The normalized spacial score (nSPS) is 16.0. The number of amides is 1. The highest BCUT2D eigenvalue weighted by Crippen LogP contribution is 2.19. The number of aromatic nitrogens is 1. The molecule has 1 saturated heterocycles. The average molecular weight is 358 g/mol. The standard InChI is InChI=1S/C16H19N3O2.2ClH/c17-15(12-7-9-21-10-8-12)16(20)19-14-6-5-11-3-1-2-4-13(11)18-14;;/h1-6,12,15H,7-10,17H2,(H,18,19,20);2*1H. The number of fused-ring (bicyclic) bond motifs is 1. The molecule has 1 aliphatic rings. The first-order valence-corrected chi connectivity index (χ1v) is 7.24. The number of nitrogens with two attached hydrogens (primary N) is 1. The van der Waals surface area contributed by atoms with Crippen LogP contribution >= 0.6 is 24.8 Å². The fourth-order valence-electron chi connectivity index (χ4n) is 2.63. The summed E-state index contributed by atoms with van der Waals surface area (Å²) in [6.07, 6.45) is 1.67. The molecule has 1 fully saturated rings. The number of nitrogens with zero attached hydrogens (tertiary/aromatic N) is 1. The molecule has 0 saturated carbocycles. The lowest BCUT2D eigenvalue weighted by Crippen LogP contribution is -2.44. The highest BCUT2D eigenvalue weighted by atomic mass is 35.5. The van der Waals surface area contributed by atoms with Crippen LogP contribution in [0.5, 0.6) is 0 Å². The van der Waals surface area contributed by atoms with E-state index in [4.69, 9.17) is 10.5 Å². The smallest absolute Gasteiger partial charge is 0.242 e. The Bertz CT molecular complexity index is 648. The number of halogens is 2. The summed E-state index contributed by atoms with van der Waals surface area (Å²) in [5, 5.41) is 3.86. The van der Waals surface area contributed by atoms with Gasteiger partial charge in [0.2, 0.25) is 5.91 Å². The molecule has 1 amide bonds. The van der Waals surface area contributed by atoms with E-state index in [1.807, 2.05) is 30.3 Å². The first-order chi connectivity index (χ1) is 10.2. The predicted octanol–water partition coefficient (Wildman–Crippen LogP) is 2.77. The molecule has 3 N–H and O–H groups in total. The van der Waals surface area contributed by atoms with E-state index in [2.05, 4.69) is 10.3 Å². The molecule has 0 radical (unpaired) electrons. The van der Waals surface area contributed by atoms with Crippen molar-refractivity contribution in [2.45, 2.75) is 18.9 Å². The number of para-hydroxylation sites is 1. The fraction of sp³-hybridized carbons (Fsp3) is 0.375. The van der Waals surface area contributed by atoms with Crippen LogP contribution in [-0.4, -0.2) is 30.1 Å². The van der Waals surface area contributed by atoms with E-state index in [0.717, 1.165) is 23.7 Å². The minimum absolute atomic E-state index is 0. The summed E-state index contributed by atoms with van der Waals surface area (Å²) in [4.78, 5) is 16.7. The summed E-state index contributed by atoms with van der Waals surface area (Å²) >= 11 is 0. The first-order valence-electron chi connectivity index (χ1n) is 7.24. The fourth-order valence-corrected chi connectivity index (χ4v) is 2.63. The van der Waals surface area contributed by atoms with E-state index in [-0.39, 0.29) is 36.6 Å². The number of benzene rings is 1. The lowest BCUT2D eigenvalue weighted by molar-refractivity contribution is -0.119. The molecule has 1 aromatic carbocycles. The van der Waals surface area contributed by atoms with Crippen molar-refractivity contribution in [3.63, 3.8) is 0 Å². The van der Waals surface area contributed by atoms with E-state index in [9.17, 15) is 4.79 Å². The Morgan fingerprint density at radius 2 is 1.87 bits per heavy atom. The third kappa shape index (κ3) is 4.78. The van der Waals surface area contributed by atoms with Crippen LogP contribution in [0.25, 0.3) is 10.9 Å². The Balaban J connectivity index is 0.00000132. The number of rotatable bonds is 3. The van der Waals surface area contributed by atoms with Gasteiger partial charge in [-0.1, -0.05) is 18.2 Å². The molecule has 0 aliphatic carbocycles. The number of carbonyl (C=O) groups excluding carboxylic acids is 1. The maximum Gasteiger partial charge on any atom is 0.242 e. The van der Waals surface area contributed by atoms with Crippen LogP contribution in [0, 0.1) is 5.92 Å². The van der Waals surface area contributed by atoms with Crippen molar-refractivity contribution in [2.24, 2.45) is 11.7 Å². The lowest BCUT2D eigenvalue weighted by atomic mass is 9.92. The van der Waals surface area contributed by atoms with Crippen LogP contribution in [0.4, 0.5) is 5.82 Å². The van der Waals surface area contributed by atoms with Gasteiger partial charge in [0.15, 0.2) is 0 Å². The maximum absolute atomic E-state index is 12.2. The van der Waals surface area contributed by atoms with Crippen LogP contribution in [0.15, 0.2) is 36.4 Å². The molecule has 7 heteroatoms. The van der Waals surface area contributed by atoms with E-state index >= 15 is 0 Å². The molecule has 1 aromatic heterocycles. The molecular formula is C16H21Cl2N3O2. The van der Waals surface area contributed by atoms with Crippen molar-refractivity contribution in [1.82, 2.24) is 4.98 Å². The van der Waals surface area contributed by atoms with Gasteiger partial charge in [-0.3, -0.25) is 4.79 Å². The van der Waals surface area contributed by atoms with Crippen molar-refractivity contribution in [1.29, 1.82) is 0 Å². The molecule has 1 aliphatic heterocycles. The summed E-state index contributed by atoms with van der Waals surface area (Å²) < 4.78 is 5.30. The second kappa shape index (κ2) is 9.03.